The van der Waals surface area contributed by atoms with Gasteiger partial charge in [0.05, 0.1) is 19.5 Å². The van der Waals surface area contributed by atoms with Gasteiger partial charge in [-0.25, -0.2) is 37.7 Å². The van der Waals surface area contributed by atoms with Gasteiger partial charge in [0.2, 0.25) is 0 Å². The number of halogens is 2. The van der Waals surface area contributed by atoms with Crippen molar-refractivity contribution in [3.05, 3.63) is 75.6 Å². The Balaban J connectivity index is 1.24. The summed E-state index contributed by atoms with van der Waals surface area (Å²) in [5, 5.41) is 0. The van der Waals surface area contributed by atoms with Crippen LogP contribution in [0, 0.1) is 0 Å². The average molecular weight is 804 g/mol. The van der Waals surface area contributed by atoms with Gasteiger partial charge in [-0.2, -0.15) is 0 Å². The van der Waals surface area contributed by atoms with Crippen LogP contribution in [0.25, 0.3) is 11.2 Å². The van der Waals surface area contributed by atoms with Gasteiger partial charge >= 0.3 is 26.3 Å². The number of H-pyrrole nitrogens is 1. The first-order valence-electron chi connectivity index (χ1n) is 15.5. The molecule has 4 N–H and O–H groups in total. The number of alkyl halides is 2. The molecule has 0 spiro atoms. The molecule has 0 amide bonds. The predicted molar refractivity (Wildman–Crippen MR) is 177 cm³/mol. The van der Waals surface area contributed by atoms with Crippen molar-refractivity contribution < 1.29 is 59.9 Å². The van der Waals surface area contributed by atoms with Gasteiger partial charge in [-0.1, -0.05) is 12.1 Å². The number of esters is 1. The fourth-order valence-corrected chi connectivity index (χ4v) is 10.1. The molecular formula is C28H29F2N7O13P2S. The van der Waals surface area contributed by atoms with Crippen LogP contribution in [-0.2, 0) is 47.2 Å². The molecule has 1 aromatic carbocycles. The molecule has 3 aliphatic heterocycles. The monoisotopic (exact) mass is 803 g/mol. The minimum Gasteiger partial charge on any atom is -0.427 e. The highest BCUT2D eigenvalue weighted by Gasteiger charge is 2.55. The molecule has 4 aromatic rings. The number of fused-ring (bicyclic) bond motifs is 4. The van der Waals surface area contributed by atoms with Crippen LogP contribution in [0.2, 0.25) is 0 Å². The van der Waals surface area contributed by atoms with E-state index in [0.717, 1.165) is 18.6 Å². The molecule has 0 aliphatic carbocycles. The number of phosphoric acid groups is 1. The van der Waals surface area contributed by atoms with Crippen LogP contribution in [0.15, 0.2) is 58.8 Å². The van der Waals surface area contributed by atoms with Crippen LogP contribution in [-0.4, -0.2) is 89.9 Å². The number of rotatable bonds is 6. The fourth-order valence-electron chi connectivity index (χ4n) is 5.76. The number of hydrogen-bond acceptors (Lipinski definition) is 17. The topological polar surface area (TPSA) is 261 Å². The standard InChI is InChI=1S/C28H29F2N7O13P2S/c1-13(38)46-15-4-2-14(3-5-15)10-53-52(43)45-9-17-22(20(30)26(48-17)36-7-6-18(39)35-28(36)40)49-51(41,42)44-8-16-19(29)23(50-52)27(47-16)37-12-34-21-24(31)32-11-33-25(21)37/h2-7,11-12,16-17,19-20,22-23,26-27H,8-10H2,1H3,(H,41,42)(H2,31,32,33)(H,35,39,40)/t16-,17-,19-,20-,22-,23-,26-,27?,52?/m1/s1. The van der Waals surface area contributed by atoms with Crippen molar-refractivity contribution in [3.8, 4) is 5.75 Å². The second-order valence-corrected chi connectivity index (χ2v) is 17.2. The molecular weight excluding hydrogens is 774 g/mol. The lowest BCUT2D eigenvalue weighted by atomic mass is 10.1. The first kappa shape index (κ1) is 37.4. The van der Waals surface area contributed by atoms with E-state index in [1.165, 1.54) is 30.0 Å². The molecule has 3 fully saturated rings. The molecule has 0 saturated carbocycles. The fraction of sp³-hybridized carbons (Fsp3) is 0.429. The highest BCUT2D eigenvalue weighted by molar-refractivity contribution is 8.54. The molecule has 7 rings (SSSR count). The number of benzene rings is 1. The van der Waals surface area contributed by atoms with Gasteiger partial charge in [0.25, 0.3) is 5.56 Å². The van der Waals surface area contributed by atoms with Crippen LogP contribution in [0.1, 0.15) is 24.9 Å². The summed E-state index contributed by atoms with van der Waals surface area (Å²) in [5.41, 5.74) is 4.81. The average Bonchev–Trinajstić information content (AvgIpc) is 3.76. The van der Waals surface area contributed by atoms with E-state index in [9.17, 15) is 28.4 Å². The van der Waals surface area contributed by atoms with E-state index in [4.69, 9.17) is 38.0 Å². The zero-order valence-electron chi connectivity index (χ0n) is 27.1. The van der Waals surface area contributed by atoms with Gasteiger partial charge in [-0.15, -0.1) is 0 Å². The van der Waals surface area contributed by atoms with Gasteiger partial charge in [-0.05, 0) is 29.1 Å². The first-order chi connectivity index (χ1) is 25.2. The number of carbonyl (C=O) groups is 1. The van der Waals surface area contributed by atoms with E-state index in [1.54, 1.807) is 12.1 Å². The number of phosphoric ester groups is 1. The Morgan fingerprint density at radius 1 is 1.00 bits per heavy atom. The number of nitrogens with two attached hydrogens (primary N) is 1. The number of carbonyl (C=O) groups excluding carboxylic acids is 1. The lowest BCUT2D eigenvalue weighted by Gasteiger charge is -2.27. The van der Waals surface area contributed by atoms with E-state index in [1.807, 2.05) is 4.98 Å². The lowest BCUT2D eigenvalue weighted by Crippen LogP contribution is -2.36. The molecule has 2 bridgehead atoms. The van der Waals surface area contributed by atoms with Gasteiger partial charge in [0, 0.05) is 24.9 Å². The summed E-state index contributed by atoms with van der Waals surface area (Å²) in [7, 11) is -5.25. The minimum atomic E-state index is -5.25. The lowest BCUT2D eigenvalue weighted by molar-refractivity contribution is -0.131. The van der Waals surface area contributed by atoms with Gasteiger partial charge in [0.1, 0.15) is 42.0 Å². The Hall–Kier alpha value is -3.89. The third kappa shape index (κ3) is 7.86. The number of hydrogen-bond donors (Lipinski definition) is 3. The van der Waals surface area contributed by atoms with E-state index in [0.29, 0.717) is 21.5 Å². The second kappa shape index (κ2) is 14.7. The third-order valence-electron chi connectivity index (χ3n) is 8.20. The maximum atomic E-state index is 16.3. The summed E-state index contributed by atoms with van der Waals surface area (Å²) in [6.07, 6.45) is -11.7. The molecule has 0 radical (unpaired) electrons. The SMILES string of the molecule is CC(=O)Oc1ccc(CSP2(=O)OC[C@H]3O[C@@H](n4ccc(=O)[nH]c4=O)[C@H](F)[C@@H]3OP(=O)(O)OC[C@H]3OC(n4cnc5c(N)ncnc54)[C@H](O2)[C@@H]3F)cc1. The normalized spacial score (nSPS) is 33.4. The van der Waals surface area contributed by atoms with Crippen LogP contribution in [0.3, 0.4) is 0 Å². The van der Waals surface area contributed by atoms with Crippen molar-refractivity contribution in [1.29, 1.82) is 0 Å². The number of ether oxygens (including phenoxy) is 3. The van der Waals surface area contributed by atoms with Crippen LogP contribution >= 0.6 is 26.0 Å². The van der Waals surface area contributed by atoms with Crippen molar-refractivity contribution in [1.82, 2.24) is 29.1 Å². The largest absolute Gasteiger partial charge is 0.472 e. The highest BCUT2D eigenvalue weighted by Crippen LogP contribution is 2.65. The predicted octanol–water partition coefficient (Wildman–Crippen LogP) is 2.31. The maximum Gasteiger partial charge on any atom is 0.472 e. The van der Waals surface area contributed by atoms with Crippen LogP contribution in [0.5, 0.6) is 5.75 Å². The van der Waals surface area contributed by atoms with Crippen LogP contribution < -0.4 is 21.7 Å². The minimum absolute atomic E-state index is 0.00889. The highest BCUT2D eigenvalue weighted by atomic mass is 32.7. The number of aromatic amines is 1. The summed E-state index contributed by atoms with van der Waals surface area (Å²) in [4.78, 5) is 60.3. The number of aromatic nitrogens is 6. The second-order valence-electron chi connectivity index (χ2n) is 11.8. The van der Waals surface area contributed by atoms with Crippen molar-refractivity contribution in [2.75, 3.05) is 18.9 Å². The van der Waals surface area contributed by atoms with Gasteiger partial charge in [-0.3, -0.25) is 41.8 Å². The van der Waals surface area contributed by atoms with Gasteiger partial charge < -0.3 is 24.8 Å². The Morgan fingerprint density at radius 3 is 2.47 bits per heavy atom. The third-order valence-corrected chi connectivity index (χ3v) is 12.8. The van der Waals surface area contributed by atoms with Crippen molar-refractivity contribution >= 4 is 49.0 Å². The smallest absolute Gasteiger partial charge is 0.427 e. The van der Waals surface area contributed by atoms with E-state index >= 15 is 8.78 Å². The zero-order chi connectivity index (χ0) is 37.7. The Kier molecular flexibility index (Phi) is 10.4. The van der Waals surface area contributed by atoms with Crippen LogP contribution in [0.4, 0.5) is 14.6 Å². The summed E-state index contributed by atoms with van der Waals surface area (Å²) in [6.45, 7) is -5.18. The summed E-state index contributed by atoms with van der Waals surface area (Å²) in [6, 6.07) is 7.03. The molecule has 6 heterocycles. The molecule has 10 atom stereocenters. The zero-order valence-corrected chi connectivity index (χ0v) is 29.7. The molecule has 284 valence electrons. The number of nitrogen functional groups attached to an aromatic ring is 1. The quantitative estimate of drug-likeness (QED) is 0.143. The van der Waals surface area contributed by atoms with E-state index in [-0.39, 0.29) is 28.5 Å². The summed E-state index contributed by atoms with van der Waals surface area (Å²) < 4.78 is 101. The summed E-state index contributed by atoms with van der Waals surface area (Å²) in [5.74, 6) is -0.399. The summed E-state index contributed by atoms with van der Waals surface area (Å²) >= 11 is 0.600. The van der Waals surface area contributed by atoms with Crippen molar-refractivity contribution in [3.63, 3.8) is 0 Å². The Morgan fingerprint density at radius 2 is 1.74 bits per heavy atom. The number of nitrogens with one attached hydrogen (secondary N) is 1. The maximum absolute atomic E-state index is 16.3. The van der Waals surface area contributed by atoms with Gasteiger partial charge in [0.15, 0.2) is 36.3 Å². The van der Waals surface area contributed by atoms with Crippen molar-refractivity contribution in [2.24, 2.45) is 0 Å². The first-order valence-corrected chi connectivity index (χ1v) is 20.2. The molecule has 53 heavy (non-hydrogen) atoms. The van der Waals surface area contributed by atoms with Crippen molar-refractivity contribution in [2.45, 2.75) is 61.9 Å². The molecule has 25 heteroatoms. The molecule has 3 aliphatic rings. The number of nitrogens with zero attached hydrogens (tertiary/aromatic N) is 5. The molecule has 20 nitrogen and oxygen atoms in total. The molecule has 3 aromatic heterocycles. The number of anilines is 1. The van der Waals surface area contributed by atoms with E-state index < -0.39 is 94.3 Å². The number of imidazole rings is 1. The molecule has 3 saturated heterocycles. The van der Waals surface area contributed by atoms with E-state index in [2.05, 4.69) is 15.0 Å². The Labute approximate surface area is 299 Å². The Bertz CT molecular complexity index is 2230. The molecule has 3 unspecified atom stereocenters.